The predicted octanol–water partition coefficient (Wildman–Crippen LogP) is 2.10. The molecule has 0 bridgehead atoms. The Morgan fingerprint density at radius 1 is 1.28 bits per heavy atom. The average Bonchev–Trinajstić information content (AvgIpc) is 2.69. The first-order chi connectivity index (χ1) is 8.49. The van der Waals surface area contributed by atoms with Gasteiger partial charge in [0.05, 0.1) is 11.3 Å². The van der Waals surface area contributed by atoms with Gasteiger partial charge in [-0.3, -0.25) is 0 Å². The van der Waals surface area contributed by atoms with Crippen molar-refractivity contribution in [2.45, 2.75) is 30.1 Å². The van der Waals surface area contributed by atoms with E-state index in [2.05, 4.69) is 19.6 Å². The van der Waals surface area contributed by atoms with Crippen molar-refractivity contribution in [3.63, 3.8) is 0 Å². The Morgan fingerprint density at radius 3 is 2.56 bits per heavy atom. The summed E-state index contributed by atoms with van der Waals surface area (Å²) in [6.45, 7) is 5.24. The Morgan fingerprint density at radius 2 is 2.00 bits per heavy atom. The van der Waals surface area contributed by atoms with Crippen LogP contribution in [-0.4, -0.2) is 30.6 Å². The van der Waals surface area contributed by atoms with Crippen molar-refractivity contribution in [1.82, 2.24) is 19.6 Å². The van der Waals surface area contributed by atoms with Crippen molar-refractivity contribution in [1.29, 1.82) is 0 Å². The highest BCUT2D eigenvalue weighted by Crippen LogP contribution is 2.31. The van der Waals surface area contributed by atoms with Gasteiger partial charge in [0.2, 0.25) is 0 Å². The molecule has 18 heavy (non-hydrogen) atoms. The minimum atomic E-state index is -1.01. The van der Waals surface area contributed by atoms with Gasteiger partial charge in [0.15, 0.2) is 4.34 Å². The summed E-state index contributed by atoms with van der Waals surface area (Å²) in [5.74, 6) is -0.342. The average molecular weight is 282 g/mol. The summed E-state index contributed by atoms with van der Waals surface area (Å²) in [5, 5.41) is 17.5. The molecule has 2 rings (SSSR count). The lowest BCUT2D eigenvalue weighted by Gasteiger charge is -2.06. The highest BCUT2D eigenvalue weighted by molar-refractivity contribution is 8.01. The minimum Gasteiger partial charge on any atom is -0.478 e. The topological polar surface area (TPSA) is 88.9 Å². The van der Waals surface area contributed by atoms with Crippen LogP contribution in [0.3, 0.4) is 0 Å². The zero-order chi connectivity index (χ0) is 13.3. The number of carboxylic acids is 1. The van der Waals surface area contributed by atoms with Gasteiger partial charge < -0.3 is 5.11 Å². The van der Waals surface area contributed by atoms with Crippen molar-refractivity contribution < 1.29 is 9.90 Å². The fraction of sp³-hybridized carbons (Fsp3) is 0.300. The van der Waals surface area contributed by atoms with Crippen molar-refractivity contribution in [2.24, 2.45) is 0 Å². The van der Waals surface area contributed by atoms with Crippen LogP contribution in [0.1, 0.15) is 27.4 Å². The van der Waals surface area contributed by atoms with E-state index >= 15 is 0 Å². The molecule has 2 aromatic rings. The van der Waals surface area contributed by atoms with Gasteiger partial charge in [-0.25, -0.2) is 9.78 Å². The summed E-state index contributed by atoms with van der Waals surface area (Å²) >= 11 is 2.39. The number of carbonyl (C=O) groups is 1. The summed E-state index contributed by atoms with van der Waals surface area (Å²) in [6, 6.07) is 0. The van der Waals surface area contributed by atoms with Crippen LogP contribution in [0.5, 0.6) is 0 Å². The molecular formula is C10H10N4O2S2. The molecule has 0 aromatic carbocycles. The summed E-state index contributed by atoms with van der Waals surface area (Å²) < 4.78 is 4.70. The fourth-order valence-corrected chi connectivity index (χ4v) is 3.00. The van der Waals surface area contributed by atoms with Crippen molar-refractivity contribution in [3.05, 3.63) is 22.6 Å². The lowest BCUT2D eigenvalue weighted by molar-refractivity contribution is 0.0690. The van der Waals surface area contributed by atoms with Gasteiger partial charge in [0.1, 0.15) is 10.9 Å². The van der Waals surface area contributed by atoms with E-state index in [9.17, 15) is 9.90 Å². The predicted molar refractivity (Wildman–Crippen MR) is 67.2 cm³/mol. The molecular weight excluding hydrogens is 272 g/mol. The zero-order valence-electron chi connectivity index (χ0n) is 9.96. The van der Waals surface area contributed by atoms with E-state index in [4.69, 9.17) is 0 Å². The van der Waals surface area contributed by atoms with Gasteiger partial charge in [0.25, 0.3) is 0 Å². The molecule has 0 atom stereocenters. The molecule has 2 heterocycles. The molecule has 0 fully saturated rings. The first-order valence-electron chi connectivity index (χ1n) is 5.04. The monoisotopic (exact) mass is 282 g/mol. The van der Waals surface area contributed by atoms with E-state index in [1.165, 1.54) is 23.3 Å². The molecule has 1 N–H and O–H groups in total. The highest BCUT2D eigenvalue weighted by atomic mass is 32.2. The van der Waals surface area contributed by atoms with E-state index in [-0.39, 0.29) is 5.56 Å². The molecule has 0 aliphatic carbocycles. The van der Waals surface area contributed by atoms with Crippen LogP contribution in [0, 0.1) is 20.8 Å². The first kappa shape index (κ1) is 12.9. The highest BCUT2D eigenvalue weighted by Gasteiger charge is 2.19. The van der Waals surface area contributed by atoms with Gasteiger partial charge in [-0.15, -0.1) is 5.10 Å². The number of rotatable bonds is 3. The minimum absolute atomic E-state index is 0.181. The van der Waals surface area contributed by atoms with E-state index in [0.717, 1.165) is 0 Å². The van der Waals surface area contributed by atoms with E-state index in [1.807, 2.05) is 0 Å². The normalized spacial score (nSPS) is 10.6. The molecule has 0 aliphatic heterocycles. The molecule has 0 saturated carbocycles. The van der Waals surface area contributed by atoms with Crippen LogP contribution >= 0.6 is 23.3 Å². The molecule has 94 valence electrons. The second-order valence-corrected chi connectivity index (χ2v) is 5.59. The van der Waals surface area contributed by atoms with Crippen LogP contribution in [-0.2, 0) is 0 Å². The lowest BCUT2D eigenvalue weighted by atomic mass is 10.1. The molecule has 8 heteroatoms. The second kappa shape index (κ2) is 4.99. The first-order valence-corrected chi connectivity index (χ1v) is 6.63. The molecule has 0 spiro atoms. The van der Waals surface area contributed by atoms with Gasteiger partial charge in [-0.2, -0.15) is 9.47 Å². The molecule has 0 saturated heterocycles. The van der Waals surface area contributed by atoms with Crippen LogP contribution in [0.25, 0.3) is 0 Å². The maximum atomic E-state index is 11.3. The number of aromatic nitrogens is 4. The SMILES string of the molecule is Cc1nsc(Sc2nnc(C)c(C)c2C(=O)O)n1. The number of carboxylic acid groups (broad SMARTS) is 1. The third-order valence-electron chi connectivity index (χ3n) is 2.33. The summed E-state index contributed by atoms with van der Waals surface area (Å²) in [7, 11) is 0. The molecule has 0 radical (unpaired) electrons. The molecule has 6 nitrogen and oxygen atoms in total. The van der Waals surface area contributed by atoms with Gasteiger partial charge in [-0.05, 0) is 49.6 Å². The third-order valence-corrected chi connectivity index (χ3v) is 4.15. The molecule has 2 aromatic heterocycles. The van der Waals surface area contributed by atoms with E-state index < -0.39 is 5.97 Å². The Kier molecular flexibility index (Phi) is 3.58. The van der Waals surface area contributed by atoms with Crippen LogP contribution < -0.4 is 0 Å². The number of nitrogens with zero attached hydrogens (tertiary/aromatic N) is 4. The molecule has 0 aliphatic rings. The number of hydrogen-bond acceptors (Lipinski definition) is 7. The molecule has 0 amide bonds. The number of aromatic carboxylic acids is 1. The Hall–Kier alpha value is -1.54. The lowest BCUT2D eigenvalue weighted by Crippen LogP contribution is -2.07. The maximum Gasteiger partial charge on any atom is 0.338 e. The van der Waals surface area contributed by atoms with Crippen molar-refractivity contribution in [2.75, 3.05) is 0 Å². The Bertz CT molecular complexity index is 612. The van der Waals surface area contributed by atoms with Gasteiger partial charge in [-0.1, -0.05) is 0 Å². The van der Waals surface area contributed by atoms with Gasteiger partial charge in [0, 0.05) is 0 Å². The van der Waals surface area contributed by atoms with Crippen molar-refractivity contribution >= 4 is 29.3 Å². The summed E-state index contributed by atoms with van der Waals surface area (Å²) in [5.41, 5.74) is 1.42. The number of aryl methyl sites for hydroxylation is 2. The number of hydrogen-bond donors (Lipinski definition) is 1. The van der Waals surface area contributed by atoms with Crippen LogP contribution in [0.15, 0.2) is 9.37 Å². The zero-order valence-corrected chi connectivity index (χ0v) is 11.6. The van der Waals surface area contributed by atoms with Crippen molar-refractivity contribution in [3.8, 4) is 0 Å². The quantitative estimate of drug-likeness (QED) is 0.922. The third kappa shape index (κ3) is 2.49. The van der Waals surface area contributed by atoms with E-state index in [1.54, 1.807) is 20.8 Å². The van der Waals surface area contributed by atoms with Gasteiger partial charge >= 0.3 is 5.97 Å². The second-order valence-electron chi connectivity index (χ2n) is 3.61. The van der Waals surface area contributed by atoms with Crippen LogP contribution in [0.4, 0.5) is 0 Å². The maximum absolute atomic E-state index is 11.3. The molecule has 0 unspecified atom stereocenters. The largest absolute Gasteiger partial charge is 0.478 e. The fourth-order valence-electron chi connectivity index (χ4n) is 1.31. The summed E-state index contributed by atoms with van der Waals surface area (Å²) in [6.07, 6.45) is 0. The van der Waals surface area contributed by atoms with E-state index in [0.29, 0.717) is 26.4 Å². The smallest absolute Gasteiger partial charge is 0.338 e. The standard InChI is InChI=1S/C10H10N4O2S2/c1-4-5(2)12-13-8(7(4)9(15)16)17-10-11-6(3)14-18-10/h1-3H3,(H,15,16). The Balaban J connectivity index is 2.44. The van der Waals surface area contributed by atoms with Crippen LogP contribution in [0.2, 0.25) is 0 Å². The summed E-state index contributed by atoms with van der Waals surface area (Å²) in [4.78, 5) is 15.4. The Labute approximate surface area is 112 Å².